The smallest absolute Gasteiger partial charge is 0.0380 e. The topological polar surface area (TPSA) is 38.7 Å². The van der Waals surface area contributed by atoms with Crippen molar-refractivity contribution in [3.63, 3.8) is 0 Å². The molecule has 1 heterocycles. The van der Waals surface area contributed by atoms with Gasteiger partial charge in [-0.25, -0.2) is 0 Å². The van der Waals surface area contributed by atoms with E-state index in [9.17, 15) is 5.21 Å². The molecule has 0 saturated carbocycles. The molecule has 2 rings (SSSR count). The molecule has 68 valence electrons. The molecule has 1 aromatic rings. The zero-order chi connectivity index (χ0) is 9.10. The molecule has 13 heavy (non-hydrogen) atoms. The second-order valence-electron chi connectivity index (χ2n) is 3.29. The first kappa shape index (κ1) is 8.26. The maximum atomic E-state index is 10.1. The second kappa shape index (κ2) is 3.58. The van der Waals surface area contributed by atoms with Crippen LogP contribution >= 0.6 is 0 Å². The molecule has 1 aromatic carbocycles. The van der Waals surface area contributed by atoms with Gasteiger partial charge in [-0.2, -0.15) is 0 Å². The molecule has 0 N–H and O–H groups in total. The molecule has 1 aliphatic rings. The highest BCUT2D eigenvalue weighted by molar-refractivity contribution is 5.93. The average Bonchev–Trinajstić information content (AvgIpc) is 2.12. The Morgan fingerprint density at radius 3 is 2.54 bits per heavy atom. The third-order valence-electron chi connectivity index (χ3n) is 2.19. The molecule has 0 aliphatic carbocycles. The van der Waals surface area contributed by atoms with Gasteiger partial charge in [0.05, 0.1) is 0 Å². The minimum absolute atomic E-state index is 0.735. The van der Waals surface area contributed by atoms with Gasteiger partial charge in [0.2, 0.25) is 0 Å². The molecular weight excluding hydrogens is 164 g/mol. The molecule has 0 amide bonds. The lowest BCUT2D eigenvalue weighted by molar-refractivity contribution is 0.296. The van der Waals surface area contributed by atoms with Crippen LogP contribution in [0.15, 0.2) is 35.5 Å². The van der Waals surface area contributed by atoms with Gasteiger partial charge in [-0.3, -0.25) is 4.90 Å². The Morgan fingerprint density at radius 2 is 1.92 bits per heavy atom. The molecule has 0 atom stereocenters. The van der Waals surface area contributed by atoms with Gasteiger partial charge < -0.3 is 10.4 Å². The summed E-state index contributed by atoms with van der Waals surface area (Å²) in [6.07, 6.45) is 0. The van der Waals surface area contributed by atoms with Crippen LogP contribution in [0, 0.1) is 5.21 Å². The van der Waals surface area contributed by atoms with E-state index in [1.165, 1.54) is 5.56 Å². The Balaban J connectivity index is 1.88. The molecule has 0 aromatic heterocycles. The van der Waals surface area contributed by atoms with Crippen molar-refractivity contribution in [2.24, 2.45) is 5.16 Å². The van der Waals surface area contributed by atoms with Gasteiger partial charge in [0, 0.05) is 25.3 Å². The van der Waals surface area contributed by atoms with Gasteiger partial charge in [-0.05, 0) is 5.56 Å². The summed E-state index contributed by atoms with van der Waals surface area (Å²) in [6, 6.07) is 10.2. The lowest BCUT2D eigenvalue weighted by Crippen LogP contribution is -2.46. The van der Waals surface area contributed by atoms with Gasteiger partial charge in [0.15, 0.2) is 0 Å². The molecule has 0 bridgehead atoms. The predicted octanol–water partition coefficient (Wildman–Crippen LogP) is 1.44. The molecular formula is C10H11N2O-. The van der Waals surface area contributed by atoms with Crippen LogP contribution in [0.5, 0.6) is 0 Å². The first-order valence-electron chi connectivity index (χ1n) is 4.33. The van der Waals surface area contributed by atoms with Crippen molar-refractivity contribution in [2.45, 2.75) is 6.54 Å². The average molecular weight is 175 g/mol. The zero-order valence-corrected chi connectivity index (χ0v) is 7.31. The Kier molecular flexibility index (Phi) is 2.27. The third-order valence-corrected chi connectivity index (χ3v) is 2.19. The predicted molar refractivity (Wildman–Crippen MR) is 52.5 cm³/mol. The number of benzene rings is 1. The third kappa shape index (κ3) is 1.87. The van der Waals surface area contributed by atoms with Gasteiger partial charge >= 0.3 is 0 Å². The molecule has 3 heteroatoms. The van der Waals surface area contributed by atoms with Crippen molar-refractivity contribution in [3.8, 4) is 0 Å². The number of hydrogen-bond acceptors (Lipinski definition) is 3. The standard InChI is InChI=1S/C10H12N2O/c13-11-10-7-12(8-10)6-9-4-2-1-3-5-9/h1-5,13H,6-8H2/p-1. The Labute approximate surface area is 77.3 Å². The molecule has 0 spiro atoms. The van der Waals surface area contributed by atoms with E-state index in [1.807, 2.05) is 18.2 Å². The van der Waals surface area contributed by atoms with Gasteiger partial charge in [-0.1, -0.05) is 30.3 Å². The first-order chi connectivity index (χ1) is 6.38. The monoisotopic (exact) mass is 175 g/mol. The summed E-state index contributed by atoms with van der Waals surface area (Å²) in [5.74, 6) is 0. The fourth-order valence-corrected chi connectivity index (χ4v) is 1.48. The van der Waals surface area contributed by atoms with Crippen LogP contribution in [0.4, 0.5) is 0 Å². The molecule has 3 nitrogen and oxygen atoms in total. The van der Waals surface area contributed by atoms with Crippen molar-refractivity contribution < 1.29 is 0 Å². The highest BCUT2D eigenvalue weighted by atomic mass is 16.4. The fourth-order valence-electron chi connectivity index (χ4n) is 1.48. The highest BCUT2D eigenvalue weighted by Gasteiger charge is 2.19. The quantitative estimate of drug-likeness (QED) is 0.638. The van der Waals surface area contributed by atoms with Gasteiger partial charge in [0.25, 0.3) is 0 Å². The van der Waals surface area contributed by atoms with E-state index in [0.717, 1.165) is 25.3 Å². The summed E-state index contributed by atoms with van der Waals surface area (Å²) in [5.41, 5.74) is 2.04. The lowest BCUT2D eigenvalue weighted by Gasteiger charge is -2.33. The number of hydrogen-bond donors (Lipinski definition) is 0. The maximum absolute atomic E-state index is 10.1. The van der Waals surface area contributed by atoms with E-state index >= 15 is 0 Å². The first-order valence-corrected chi connectivity index (χ1v) is 4.33. The van der Waals surface area contributed by atoms with Crippen molar-refractivity contribution in [1.29, 1.82) is 0 Å². The molecule has 1 saturated heterocycles. The van der Waals surface area contributed by atoms with Crippen LogP contribution in [-0.4, -0.2) is 23.7 Å². The van der Waals surface area contributed by atoms with E-state index in [2.05, 4.69) is 22.2 Å². The van der Waals surface area contributed by atoms with Crippen LogP contribution < -0.4 is 0 Å². The van der Waals surface area contributed by atoms with Gasteiger partial charge in [-0.15, -0.1) is 0 Å². The number of nitrogens with zero attached hydrogens (tertiary/aromatic N) is 2. The minimum atomic E-state index is 0.735. The highest BCUT2D eigenvalue weighted by Crippen LogP contribution is 2.10. The van der Waals surface area contributed by atoms with Crippen LogP contribution in [0.2, 0.25) is 0 Å². The summed E-state index contributed by atoms with van der Waals surface area (Å²) in [5, 5.41) is 13.0. The van der Waals surface area contributed by atoms with E-state index < -0.39 is 0 Å². The molecule has 0 unspecified atom stereocenters. The normalized spacial score (nSPS) is 16.8. The summed E-state index contributed by atoms with van der Waals surface area (Å²) in [4.78, 5) is 2.19. The Morgan fingerprint density at radius 1 is 1.23 bits per heavy atom. The molecule has 0 radical (unpaired) electrons. The molecule has 1 aliphatic heterocycles. The minimum Gasteiger partial charge on any atom is -0.792 e. The van der Waals surface area contributed by atoms with Crippen LogP contribution in [0.3, 0.4) is 0 Å². The second-order valence-corrected chi connectivity index (χ2v) is 3.29. The van der Waals surface area contributed by atoms with Crippen molar-refractivity contribution in [1.82, 2.24) is 4.90 Å². The number of rotatable bonds is 2. The summed E-state index contributed by atoms with van der Waals surface area (Å²) in [7, 11) is 0. The van der Waals surface area contributed by atoms with Crippen LogP contribution in [-0.2, 0) is 6.54 Å². The maximum Gasteiger partial charge on any atom is 0.0380 e. The largest absolute Gasteiger partial charge is 0.792 e. The number of likely N-dealkylation sites (tertiary alicyclic amines) is 1. The van der Waals surface area contributed by atoms with Crippen LogP contribution in [0.1, 0.15) is 5.56 Å². The van der Waals surface area contributed by atoms with E-state index in [4.69, 9.17) is 0 Å². The summed E-state index contributed by atoms with van der Waals surface area (Å²) in [6.45, 7) is 2.39. The zero-order valence-electron chi connectivity index (χ0n) is 7.31. The Bertz CT molecular complexity index is 300. The van der Waals surface area contributed by atoms with Crippen molar-refractivity contribution >= 4 is 5.71 Å². The lowest BCUT2D eigenvalue weighted by atomic mass is 10.1. The molecule has 1 fully saturated rings. The Hall–Kier alpha value is -1.35. The van der Waals surface area contributed by atoms with E-state index in [0.29, 0.717) is 0 Å². The van der Waals surface area contributed by atoms with Crippen molar-refractivity contribution in [3.05, 3.63) is 41.1 Å². The summed E-state index contributed by atoms with van der Waals surface area (Å²) >= 11 is 0. The SMILES string of the molecule is [O-]N=C1CN(Cc2ccccc2)C1. The van der Waals surface area contributed by atoms with E-state index in [-0.39, 0.29) is 0 Å². The van der Waals surface area contributed by atoms with Gasteiger partial charge in [0.1, 0.15) is 0 Å². The van der Waals surface area contributed by atoms with E-state index in [1.54, 1.807) is 0 Å². The fraction of sp³-hybridized carbons (Fsp3) is 0.300. The summed E-state index contributed by atoms with van der Waals surface area (Å²) < 4.78 is 0. The van der Waals surface area contributed by atoms with Crippen molar-refractivity contribution in [2.75, 3.05) is 13.1 Å². The van der Waals surface area contributed by atoms with Crippen LogP contribution in [0.25, 0.3) is 0 Å².